The zero-order chi connectivity index (χ0) is 15.4. The van der Waals surface area contributed by atoms with E-state index in [2.05, 4.69) is 45.7 Å². The molecule has 0 fully saturated rings. The Hall–Kier alpha value is -2.15. The van der Waals surface area contributed by atoms with Crippen molar-refractivity contribution in [2.24, 2.45) is 10.2 Å². The largest absolute Gasteiger partial charge is 0.355 e. The molecule has 0 bridgehead atoms. The van der Waals surface area contributed by atoms with Crippen LogP contribution in [0.5, 0.6) is 0 Å². The molecule has 1 amide bonds. The average Bonchev–Trinajstić information content (AvgIpc) is 3.20. The number of rotatable bonds is 7. The van der Waals surface area contributed by atoms with E-state index in [1.54, 1.807) is 0 Å². The number of fused-ring (bicyclic) bond motifs is 1. The first-order valence-corrected chi connectivity index (χ1v) is 7.94. The van der Waals surface area contributed by atoms with Gasteiger partial charge in [-0.2, -0.15) is 10.2 Å². The molecule has 0 saturated heterocycles. The standard InChI is InChI=1S/C18H21N3O/c1-2-3-11-18(20-21-18)12-10-17(22)19-13-15-9-8-14-6-4-5-7-16(14)15/h1,4-7,15H,3,8-13H2,(H,19,22). The van der Waals surface area contributed by atoms with Crippen LogP contribution in [0.25, 0.3) is 0 Å². The molecule has 4 nitrogen and oxygen atoms in total. The third-order valence-corrected chi connectivity index (χ3v) is 4.61. The number of hydrogen-bond donors (Lipinski definition) is 1. The SMILES string of the molecule is C#CCCC1(CCC(=O)NCC2CCc3ccccc32)N=N1. The second-order valence-electron chi connectivity index (χ2n) is 6.13. The van der Waals surface area contributed by atoms with Crippen molar-refractivity contribution in [2.75, 3.05) is 6.54 Å². The van der Waals surface area contributed by atoms with E-state index in [9.17, 15) is 4.79 Å². The van der Waals surface area contributed by atoms with E-state index in [4.69, 9.17) is 6.42 Å². The lowest BCUT2D eigenvalue weighted by Gasteiger charge is -2.13. The lowest BCUT2D eigenvalue weighted by atomic mass is 10.0. The zero-order valence-electron chi connectivity index (χ0n) is 12.7. The van der Waals surface area contributed by atoms with E-state index < -0.39 is 0 Å². The minimum atomic E-state index is -0.357. The first-order valence-electron chi connectivity index (χ1n) is 7.94. The van der Waals surface area contributed by atoms with Crippen LogP contribution in [0.4, 0.5) is 0 Å². The maximum atomic E-state index is 12.0. The average molecular weight is 295 g/mol. The van der Waals surface area contributed by atoms with Gasteiger partial charge in [-0.15, -0.1) is 12.3 Å². The van der Waals surface area contributed by atoms with Crippen molar-refractivity contribution in [1.82, 2.24) is 5.32 Å². The van der Waals surface area contributed by atoms with Gasteiger partial charge in [0, 0.05) is 38.1 Å². The summed E-state index contributed by atoms with van der Waals surface area (Å²) in [7, 11) is 0. The van der Waals surface area contributed by atoms with E-state index in [1.807, 2.05) is 0 Å². The molecule has 1 N–H and O–H groups in total. The van der Waals surface area contributed by atoms with Crippen LogP contribution >= 0.6 is 0 Å². The number of aryl methyl sites for hydroxylation is 1. The summed E-state index contributed by atoms with van der Waals surface area (Å²) in [6.07, 6.45) is 10.0. The molecule has 3 rings (SSSR count). The van der Waals surface area contributed by atoms with Crippen LogP contribution in [0.2, 0.25) is 0 Å². The van der Waals surface area contributed by atoms with Crippen LogP contribution in [-0.4, -0.2) is 18.1 Å². The van der Waals surface area contributed by atoms with Crippen molar-refractivity contribution >= 4 is 5.91 Å². The molecule has 1 heterocycles. The van der Waals surface area contributed by atoms with Crippen LogP contribution in [0.15, 0.2) is 34.5 Å². The minimum Gasteiger partial charge on any atom is -0.355 e. The Bertz CT molecular complexity index is 623. The van der Waals surface area contributed by atoms with Gasteiger partial charge in [-0.05, 0) is 24.0 Å². The van der Waals surface area contributed by atoms with Crippen molar-refractivity contribution in [1.29, 1.82) is 0 Å². The molecule has 0 spiro atoms. The van der Waals surface area contributed by atoms with E-state index in [0.717, 1.165) is 25.8 Å². The molecular weight excluding hydrogens is 274 g/mol. The number of nitrogens with one attached hydrogen (secondary N) is 1. The second kappa shape index (κ2) is 6.31. The summed E-state index contributed by atoms with van der Waals surface area (Å²) >= 11 is 0. The summed E-state index contributed by atoms with van der Waals surface area (Å²) in [5.41, 5.74) is 2.45. The van der Waals surface area contributed by atoms with Crippen LogP contribution < -0.4 is 5.32 Å². The van der Waals surface area contributed by atoms with Crippen LogP contribution in [0, 0.1) is 12.3 Å². The van der Waals surface area contributed by atoms with Gasteiger partial charge >= 0.3 is 0 Å². The fraction of sp³-hybridized carbons (Fsp3) is 0.500. The normalized spacial score (nSPS) is 20.2. The smallest absolute Gasteiger partial charge is 0.220 e. The Morgan fingerprint density at radius 3 is 2.95 bits per heavy atom. The fourth-order valence-electron chi connectivity index (χ4n) is 3.16. The number of amides is 1. The van der Waals surface area contributed by atoms with Crippen molar-refractivity contribution in [3.63, 3.8) is 0 Å². The van der Waals surface area contributed by atoms with Gasteiger partial charge in [0.1, 0.15) is 0 Å². The summed E-state index contributed by atoms with van der Waals surface area (Å²) in [5, 5.41) is 11.2. The molecule has 0 aromatic heterocycles. The lowest BCUT2D eigenvalue weighted by Crippen LogP contribution is -2.28. The van der Waals surface area contributed by atoms with Gasteiger partial charge in [-0.1, -0.05) is 24.3 Å². The molecular formula is C18H21N3O. The molecule has 4 heteroatoms. The number of benzene rings is 1. The fourth-order valence-corrected chi connectivity index (χ4v) is 3.16. The number of hydrogen-bond acceptors (Lipinski definition) is 3. The van der Waals surface area contributed by atoms with E-state index >= 15 is 0 Å². The van der Waals surface area contributed by atoms with Gasteiger partial charge < -0.3 is 5.32 Å². The molecule has 1 aliphatic carbocycles. The minimum absolute atomic E-state index is 0.0850. The van der Waals surface area contributed by atoms with Crippen molar-refractivity contribution in [3.8, 4) is 12.3 Å². The van der Waals surface area contributed by atoms with Gasteiger partial charge in [-0.25, -0.2) is 0 Å². The predicted molar refractivity (Wildman–Crippen MR) is 85.4 cm³/mol. The van der Waals surface area contributed by atoms with Gasteiger partial charge in [0.15, 0.2) is 5.66 Å². The van der Waals surface area contributed by atoms with Crippen molar-refractivity contribution < 1.29 is 4.79 Å². The molecule has 0 radical (unpaired) electrons. The molecule has 22 heavy (non-hydrogen) atoms. The number of carbonyl (C=O) groups excluding carboxylic acids is 1. The molecule has 1 atom stereocenters. The molecule has 1 unspecified atom stereocenters. The van der Waals surface area contributed by atoms with Crippen LogP contribution in [0.3, 0.4) is 0 Å². The number of terminal acetylenes is 1. The molecule has 1 aliphatic heterocycles. The summed E-state index contributed by atoms with van der Waals surface area (Å²) in [4.78, 5) is 12.0. The first kappa shape index (κ1) is 14.8. The third-order valence-electron chi connectivity index (χ3n) is 4.61. The summed E-state index contributed by atoms with van der Waals surface area (Å²) in [5.74, 6) is 3.14. The van der Waals surface area contributed by atoms with Gasteiger partial charge in [0.05, 0.1) is 0 Å². The van der Waals surface area contributed by atoms with E-state index in [-0.39, 0.29) is 11.6 Å². The molecule has 1 aromatic rings. The maximum absolute atomic E-state index is 12.0. The number of carbonyl (C=O) groups is 1. The Labute approximate surface area is 131 Å². The summed E-state index contributed by atoms with van der Waals surface area (Å²) in [6, 6.07) is 8.51. The van der Waals surface area contributed by atoms with E-state index in [1.165, 1.54) is 11.1 Å². The Morgan fingerprint density at radius 1 is 1.36 bits per heavy atom. The zero-order valence-corrected chi connectivity index (χ0v) is 12.7. The number of nitrogens with zero attached hydrogens (tertiary/aromatic N) is 2. The van der Waals surface area contributed by atoms with Gasteiger partial charge in [-0.3, -0.25) is 4.79 Å². The lowest BCUT2D eigenvalue weighted by molar-refractivity contribution is -0.121. The van der Waals surface area contributed by atoms with Crippen LogP contribution in [-0.2, 0) is 11.2 Å². The summed E-state index contributed by atoms with van der Waals surface area (Å²) < 4.78 is 0. The highest BCUT2D eigenvalue weighted by molar-refractivity contribution is 5.76. The highest BCUT2D eigenvalue weighted by Gasteiger charge is 2.39. The van der Waals surface area contributed by atoms with Gasteiger partial charge in [0.25, 0.3) is 0 Å². The molecule has 1 aromatic carbocycles. The highest BCUT2D eigenvalue weighted by atomic mass is 16.1. The first-order chi connectivity index (χ1) is 10.7. The third kappa shape index (κ3) is 3.36. The van der Waals surface area contributed by atoms with Crippen LogP contribution in [0.1, 0.15) is 49.1 Å². The summed E-state index contributed by atoms with van der Waals surface area (Å²) in [6.45, 7) is 0.724. The topological polar surface area (TPSA) is 53.8 Å². The quantitative estimate of drug-likeness (QED) is 0.772. The second-order valence-corrected chi connectivity index (χ2v) is 6.13. The Balaban J connectivity index is 1.41. The Morgan fingerprint density at radius 2 is 2.18 bits per heavy atom. The van der Waals surface area contributed by atoms with Crippen molar-refractivity contribution in [3.05, 3.63) is 35.4 Å². The molecule has 2 aliphatic rings. The van der Waals surface area contributed by atoms with Crippen molar-refractivity contribution in [2.45, 2.75) is 50.1 Å². The van der Waals surface area contributed by atoms with E-state index in [0.29, 0.717) is 25.2 Å². The van der Waals surface area contributed by atoms with Gasteiger partial charge in [0.2, 0.25) is 5.91 Å². The maximum Gasteiger partial charge on any atom is 0.220 e. The highest BCUT2D eigenvalue weighted by Crippen LogP contribution is 2.37. The predicted octanol–water partition coefficient (Wildman–Crippen LogP) is 3.19. The Kier molecular flexibility index (Phi) is 4.24. The monoisotopic (exact) mass is 295 g/mol. The molecule has 114 valence electrons. The molecule has 0 saturated carbocycles.